The summed E-state index contributed by atoms with van der Waals surface area (Å²) in [5, 5.41) is 0. The highest BCUT2D eigenvalue weighted by atomic mass is 16.5. The molecule has 2 N–H and O–H groups in total. The number of ether oxygens (including phenoxy) is 1. The Kier molecular flexibility index (Phi) is 6.01. The summed E-state index contributed by atoms with van der Waals surface area (Å²) in [6.07, 6.45) is 1.08. The summed E-state index contributed by atoms with van der Waals surface area (Å²) in [5.74, 6) is 1.60. The van der Waals surface area contributed by atoms with Crippen molar-refractivity contribution in [2.45, 2.75) is 19.9 Å². The lowest BCUT2D eigenvalue weighted by molar-refractivity contribution is 0.268. The van der Waals surface area contributed by atoms with Crippen LogP contribution in [-0.4, -0.2) is 32.1 Å². The van der Waals surface area contributed by atoms with E-state index in [4.69, 9.17) is 10.5 Å². The van der Waals surface area contributed by atoms with Gasteiger partial charge in [0.25, 0.3) is 0 Å². The van der Waals surface area contributed by atoms with Crippen molar-refractivity contribution in [2.24, 2.45) is 11.7 Å². The second kappa shape index (κ2) is 7.30. The van der Waals surface area contributed by atoms with Crippen LogP contribution >= 0.6 is 0 Å². The fourth-order valence-corrected chi connectivity index (χ4v) is 2.10. The summed E-state index contributed by atoms with van der Waals surface area (Å²) in [6, 6.07) is 8.17. The molecule has 1 aromatic carbocycles. The molecule has 17 heavy (non-hydrogen) atoms. The summed E-state index contributed by atoms with van der Waals surface area (Å²) in [7, 11) is 3.86. The zero-order valence-electron chi connectivity index (χ0n) is 11.1. The van der Waals surface area contributed by atoms with Crippen molar-refractivity contribution in [1.82, 2.24) is 4.90 Å². The van der Waals surface area contributed by atoms with E-state index in [-0.39, 0.29) is 0 Å². The van der Waals surface area contributed by atoms with E-state index in [1.807, 2.05) is 12.1 Å². The molecule has 0 heterocycles. The Labute approximate surface area is 105 Å². The molecule has 96 valence electrons. The molecule has 0 aliphatic rings. The zero-order chi connectivity index (χ0) is 12.7. The van der Waals surface area contributed by atoms with Crippen LogP contribution in [0.15, 0.2) is 24.3 Å². The number of para-hydroxylation sites is 1. The van der Waals surface area contributed by atoms with Crippen molar-refractivity contribution < 1.29 is 4.74 Å². The predicted octanol–water partition coefficient (Wildman–Crippen LogP) is 2.11. The third kappa shape index (κ3) is 4.75. The maximum absolute atomic E-state index is 5.56. The molecule has 0 fully saturated rings. The second-order valence-corrected chi connectivity index (χ2v) is 4.69. The van der Waals surface area contributed by atoms with Crippen LogP contribution < -0.4 is 10.5 Å². The second-order valence-electron chi connectivity index (χ2n) is 4.69. The summed E-state index contributed by atoms with van der Waals surface area (Å²) in [4.78, 5) is 2.32. The summed E-state index contributed by atoms with van der Waals surface area (Å²) in [5.41, 5.74) is 6.80. The average Bonchev–Trinajstić information content (AvgIpc) is 2.29. The first-order chi connectivity index (χ1) is 8.17. The first kappa shape index (κ1) is 14.0. The lowest BCUT2D eigenvalue weighted by Gasteiger charge is -2.21. The van der Waals surface area contributed by atoms with E-state index in [2.05, 4.69) is 31.0 Å². The first-order valence-electron chi connectivity index (χ1n) is 6.18. The van der Waals surface area contributed by atoms with Crippen LogP contribution in [0.3, 0.4) is 0 Å². The standard InChI is InChI=1S/C14H24N2O/c1-12(8-9-15)10-16(2)11-13-6-4-5-7-14(13)17-3/h4-7,12H,8-11,15H2,1-3H3. The molecule has 0 amide bonds. The van der Waals surface area contributed by atoms with Gasteiger partial charge in [0.15, 0.2) is 0 Å². The highest BCUT2D eigenvalue weighted by molar-refractivity contribution is 5.32. The first-order valence-corrected chi connectivity index (χ1v) is 6.18. The number of benzene rings is 1. The third-order valence-electron chi connectivity index (χ3n) is 2.92. The minimum atomic E-state index is 0.639. The van der Waals surface area contributed by atoms with Crippen molar-refractivity contribution in [2.75, 3.05) is 27.2 Å². The molecule has 0 aromatic heterocycles. The molecule has 1 atom stereocenters. The van der Waals surface area contributed by atoms with Crippen molar-refractivity contribution in [3.63, 3.8) is 0 Å². The van der Waals surface area contributed by atoms with Crippen molar-refractivity contribution in [3.05, 3.63) is 29.8 Å². The molecule has 3 nitrogen and oxygen atoms in total. The van der Waals surface area contributed by atoms with Crippen LogP contribution in [0.4, 0.5) is 0 Å². The molecular weight excluding hydrogens is 212 g/mol. The Morgan fingerprint density at radius 1 is 1.35 bits per heavy atom. The van der Waals surface area contributed by atoms with E-state index in [0.29, 0.717) is 5.92 Å². The SMILES string of the molecule is COc1ccccc1CN(C)CC(C)CCN. The lowest BCUT2D eigenvalue weighted by Crippen LogP contribution is -2.25. The highest BCUT2D eigenvalue weighted by Gasteiger charge is 2.08. The number of nitrogens with two attached hydrogens (primary N) is 1. The Hall–Kier alpha value is -1.06. The normalized spacial score (nSPS) is 12.8. The molecule has 1 unspecified atom stereocenters. The van der Waals surface area contributed by atoms with Gasteiger partial charge in [0, 0.05) is 18.7 Å². The van der Waals surface area contributed by atoms with Gasteiger partial charge in [-0.05, 0) is 32.0 Å². The van der Waals surface area contributed by atoms with Crippen molar-refractivity contribution in [3.8, 4) is 5.75 Å². The van der Waals surface area contributed by atoms with E-state index in [0.717, 1.165) is 31.8 Å². The Bertz CT molecular complexity index is 328. The molecule has 0 aliphatic heterocycles. The van der Waals surface area contributed by atoms with E-state index >= 15 is 0 Å². The summed E-state index contributed by atoms with van der Waals surface area (Å²) in [6.45, 7) is 4.99. The molecule has 0 aliphatic carbocycles. The van der Waals surface area contributed by atoms with Gasteiger partial charge in [0.1, 0.15) is 5.75 Å². The van der Waals surface area contributed by atoms with Crippen molar-refractivity contribution in [1.29, 1.82) is 0 Å². The van der Waals surface area contributed by atoms with Crippen LogP contribution in [-0.2, 0) is 6.54 Å². The van der Waals surface area contributed by atoms with Gasteiger partial charge >= 0.3 is 0 Å². The zero-order valence-corrected chi connectivity index (χ0v) is 11.1. The van der Waals surface area contributed by atoms with Gasteiger partial charge in [0.05, 0.1) is 7.11 Å². The largest absolute Gasteiger partial charge is 0.496 e. The minimum Gasteiger partial charge on any atom is -0.496 e. The summed E-state index contributed by atoms with van der Waals surface area (Å²) >= 11 is 0. The van der Waals surface area contributed by atoms with Gasteiger partial charge in [-0.3, -0.25) is 0 Å². The van der Waals surface area contributed by atoms with Crippen LogP contribution in [0.1, 0.15) is 18.9 Å². The number of hydrogen-bond donors (Lipinski definition) is 1. The van der Waals surface area contributed by atoms with Gasteiger partial charge in [-0.1, -0.05) is 25.1 Å². The van der Waals surface area contributed by atoms with E-state index in [1.165, 1.54) is 5.56 Å². The molecular formula is C14H24N2O. The van der Waals surface area contributed by atoms with E-state index in [9.17, 15) is 0 Å². The van der Waals surface area contributed by atoms with Gasteiger partial charge in [-0.2, -0.15) is 0 Å². The highest BCUT2D eigenvalue weighted by Crippen LogP contribution is 2.19. The van der Waals surface area contributed by atoms with Crippen LogP contribution in [0, 0.1) is 5.92 Å². The topological polar surface area (TPSA) is 38.5 Å². The fourth-order valence-electron chi connectivity index (χ4n) is 2.10. The lowest BCUT2D eigenvalue weighted by atomic mass is 10.1. The molecule has 1 aromatic rings. The Morgan fingerprint density at radius 3 is 2.71 bits per heavy atom. The Balaban J connectivity index is 2.52. The van der Waals surface area contributed by atoms with Gasteiger partial charge in [0.2, 0.25) is 0 Å². The molecule has 0 bridgehead atoms. The third-order valence-corrected chi connectivity index (χ3v) is 2.92. The fraction of sp³-hybridized carbons (Fsp3) is 0.571. The smallest absolute Gasteiger partial charge is 0.123 e. The van der Waals surface area contributed by atoms with Gasteiger partial charge < -0.3 is 15.4 Å². The number of hydrogen-bond acceptors (Lipinski definition) is 3. The molecule has 1 rings (SSSR count). The maximum Gasteiger partial charge on any atom is 0.123 e. The van der Waals surface area contributed by atoms with Crippen LogP contribution in [0.2, 0.25) is 0 Å². The van der Waals surface area contributed by atoms with E-state index in [1.54, 1.807) is 7.11 Å². The predicted molar refractivity (Wildman–Crippen MR) is 72.2 cm³/mol. The molecule has 3 heteroatoms. The monoisotopic (exact) mass is 236 g/mol. The van der Waals surface area contributed by atoms with Crippen LogP contribution in [0.25, 0.3) is 0 Å². The molecule has 0 radical (unpaired) electrons. The van der Waals surface area contributed by atoms with Crippen LogP contribution in [0.5, 0.6) is 5.75 Å². The maximum atomic E-state index is 5.56. The molecule has 0 saturated heterocycles. The van der Waals surface area contributed by atoms with E-state index < -0.39 is 0 Å². The average molecular weight is 236 g/mol. The van der Waals surface area contributed by atoms with Crippen molar-refractivity contribution >= 4 is 0 Å². The summed E-state index contributed by atoms with van der Waals surface area (Å²) < 4.78 is 5.35. The minimum absolute atomic E-state index is 0.639. The molecule has 0 spiro atoms. The molecule has 0 saturated carbocycles. The quantitative estimate of drug-likeness (QED) is 0.788. The number of nitrogens with zero attached hydrogens (tertiary/aromatic N) is 1. The van der Waals surface area contributed by atoms with Gasteiger partial charge in [-0.25, -0.2) is 0 Å². The number of rotatable bonds is 7. The van der Waals surface area contributed by atoms with Gasteiger partial charge in [-0.15, -0.1) is 0 Å². The Morgan fingerprint density at radius 2 is 2.06 bits per heavy atom. The number of methoxy groups -OCH3 is 1.